The highest BCUT2D eigenvalue weighted by molar-refractivity contribution is 6.30. The predicted octanol–water partition coefficient (Wildman–Crippen LogP) is 2.50. The van der Waals surface area contributed by atoms with Crippen LogP contribution < -0.4 is 0 Å². The number of hydrogen-bond acceptors (Lipinski definition) is 2. The Labute approximate surface area is 83.5 Å². The summed E-state index contributed by atoms with van der Waals surface area (Å²) in [5.74, 6) is 0. The van der Waals surface area contributed by atoms with Crippen LogP contribution in [0.4, 0.5) is 0 Å². The molecule has 0 bridgehead atoms. The SMILES string of the molecule is CN1CCC[C@@H]1c1cccnc1Cl. The molecule has 2 heterocycles. The highest BCUT2D eigenvalue weighted by Crippen LogP contribution is 2.33. The van der Waals surface area contributed by atoms with Crippen molar-refractivity contribution in [2.75, 3.05) is 13.6 Å². The van der Waals surface area contributed by atoms with Crippen molar-refractivity contribution in [3.63, 3.8) is 0 Å². The van der Waals surface area contributed by atoms with Gasteiger partial charge in [0.25, 0.3) is 0 Å². The summed E-state index contributed by atoms with van der Waals surface area (Å²) in [5.41, 5.74) is 1.17. The Kier molecular flexibility index (Phi) is 2.51. The van der Waals surface area contributed by atoms with Gasteiger partial charge in [-0.15, -0.1) is 0 Å². The number of rotatable bonds is 1. The van der Waals surface area contributed by atoms with Gasteiger partial charge in [0.1, 0.15) is 5.15 Å². The second kappa shape index (κ2) is 3.64. The molecule has 2 nitrogen and oxygen atoms in total. The van der Waals surface area contributed by atoms with Crippen LogP contribution in [0.25, 0.3) is 0 Å². The van der Waals surface area contributed by atoms with E-state index in [2.05, 4.69) is 23.0 Å². The molecule has 13 heavy (non-hydrogen) atoms. The lowest BCUT2D eigenvalue weighted by molar-refractivity contribution is 0.317. The number of hydrogen-bond donors (Lipinski definition) is 0. The molecule has 0 spiro atoms. The lowest BCUT2D eigenvalue weighted by atomic mass is 10.1. The van der Waals surface area contributed by atoms with Crippen LogP contribution >= 0.6 is 11.6 Å². The number of likely N-dealkylation sites (tertiary alicyclic amines) is 1. The van der Waals surface area contributed by atoms with Gasteiger partial charge >= 0.3 is 0 Å². The fourth-order valence-corrected chi connectivity index (χ4v) is 2.20. The van der Waals surface area contributed by atoms with Crippen molar-refractivity contribution in [1.82, 2.24) is 9.88 Å². The third kappa shape index (κ3) is 1.69. The van der Waals surface area contributed by atoms with Gasteiger partial charge in [-0.1, -0.05) is 17.7 Å². The maximum absolute atomic E-state index is 6.03. The minimum Gasteiger partial charge on any atom is -0.299 e. The minimum absolute atomic E-state index is 0.473. The van der Waals surface area contributed by atoms with Crippen molar-refractivity contribution in [2.24, 2.45) is 0 Å². The van der Waals surface area contributed by atoms with Crippen molar-refractivity contribution in [1.29, 1.82) is 0 Å². The fourth-order valence-electron chi connectivity index (χ4n) is 1.95. The lowest BCUT2D eigenvalue weighted by Gasteiger charge is -2.19. The van der Waals surface area contributed by atoms with E-state index in [0.717, 1.165) is 6.54 Å². The largest absolute Gasteiger partial charge is 0.299 e. The average Bonchev–Trinajstić information content (AvgIpc) is 2.52. The van der Waals surface area contributed by atoms with Crippen LogP contribution in [0.3, 0.4) is 0 Å². The highest BCUT2D eigenvalue weighted by Gasteiger charge is 2.24. The van der Waals surface area contributed by atoms with Crippen LogP contribution in [0.2, 0.25) is 5.15 Å². The molecule has 0 amide bonds. The maximum atomic E-state index is 6.03. The smallest absolute Gasteiger partial charge is 0.133 e. The van der Waals surface area contributed by atoms with E-state index in [1.165, 1.54) is 18.4 Å². The molecule has 0 aliphatic carbocycles. The van der Waals surface area contributed by atoms with Gasteiger partial charge in [-0.25, -0.2) is 4.98 Å². The summed E-state index contributed by atoms with van der Waals surface area (Å²) in [6.07, 6.45) is 4.19. The second-order valence-corrected chi connectivity index (χ2v) is 3.88. The lowest BCUT2D eigenvalue weighted by Crippen LogP contribution is -2.17. The topological polar surface area (TPSA) is 16.1 Å². The monoisotopic (exact) mass is 196 g/mol. The number of nitrogens with zero attached hydrogens (tertiary/aromatic N) is 2. The molecular weight excluding hydrogens is 184 g/mol. The summed E-state index contributed by atoms with van der Waals surface area (Å²) in [7, 11) is 2.14. The molecule has 0 saturated carbocycles. The molecule has 1 aliphatic heterocycles. The molecule has 0 N–H and O–H groups in total. The standard InChI is InChI=1S/C10H13ClN2/c1-13-7-3-5-9(13)8-4-2-6-12-10(8)11/h2,4,6,9H,3,5,7H2,1H3/t9-/m1/s1. The maximum Gasteiger partial charge on any atom is 0.133 e. The van der Waals surface area contributed by atoms with E-state index in [9.17, 15) is 0 Å². The molecule has 1 saturated heterocycles. The van der Waals surface area contributed by atoms with E-state index in [1.807, 2.05) is 6.07 Å². The van der Waals surface area contributed by atoms with E-state index in [0.29, 0.717) is 11.2 Å². The quantitative estimate of drug-likeness (QED) is 0.642. The first-order valence-electron chi connectivity index (χ1n) is 4.59. The highest BCUT2D eigenvalue weighted by atomic mass is 35.5. The summed E-state index contributed by atoms with van der Waals surface area (Å²) < 4.78 is 0. The number of halogens is 1. The molecule has 1 aliphatic rings. The van der Waals surface area contributed by atoms with Crippen molar-refractivity contribution >= 4 is 11.6 Å². The van der Waals surface area contributed by atoms with Gasteiger partial charge in [0.05, 0.1) is 0 Å². The van der Waals surface area contributed by atoms with Gasteiger partial charge in [0.2, 0.25) is 0 Å². The zero-order valence-electron chi connectivity index (χ0n) is 7.70. The molecule has 2 rings (SSSR count). The fraction of sp³-hybridized carbons (Fsp3) is 0.500. The van der Waals surface area contributed by atoms with Gasteiger partial charge in [-0.3, -0.25) is 4.90 Å². The number of aromatic nitrogens is 1. The zero-order chi connectivity index (χ0) is 9.26. The third-order valence-electron chi connectivity index (χ3n) is 2.67. The summed E-state index contributed by atoms with van der Waals surface area (Å²) in [6, 6.07) is 4.50. The molecule has 1 aromatic heterocycles. The normalized spacial score (nSPS) is 23.7. The third-order valence-corrected chi connectivity index (χ3v) is 2.98. The van der Waals surface area contributed by atoms with E-state index in [1.54, 1.807) is 6.20 Å². The van der Waals surface area contributed by atoms with E-state index in [4.69, 9.17) is 11.6 Å². The molecular formula is C10H13ClN2. The molecule has 0 unspecified atom stereocenters. The Bertz CT molecular complexity index is 301. The van der Waals surface area contributed by atoms with Gasteiger partial charge in [-0.05, 0) is 32.5 Å². The first-order valence-corrected chi connectivity index (χ1v) is 4.97. The Morgan fingerprint density at radius 1 is 1.62 bits per heavy atom. The van der Waals surface area contributed by atoms with Crippen molar-refractivity contribution in [3.05, 3.63) is 29.0 Å². The Balaban J connectivity index is 2.29. The van der Waals surface area contributed by atoms with E-state index in [-0.39, 0.29) is 0 Å². The molecule has 1 atom stereocenters. The van der Waals surface area contributed by atoms with E-state index < -0.39 is 0 Å². The molecule has 1 aromatic rings. The first kappa shape index (κ1) is 8.97. The molecule has 1 fully saturated rings. The Morgan fingerprint density at radius 3 is 3.08 bits per heavy atom. The summed E-state index contributed by atoms with van der Waals surface area (Å²) in [6.45, 7) is 1.16. The van der Waals surface area contributed by atoms with Crippen LogP contribution in [0.15, 0.2) is 18.3 Å². The molecule has 70 valence electrons. The molecule has 0 aromatic carbocycles. The average molecular weight is 197 g/mol. The number of pyridine rings is 1. The molecule has 0 radical (unpaired) electrons. The van der Waals surface area contributed by atoms with Crippen molar-refractivity contribution < 1.29 is 0 Å². The molecule has 3 heteroatoms. The van der Waals surface area contributed by atoms with Crippen LogP contribution in [0, 0.1) is 0 Å². The summed E-state index contributed by atoms with van der Waals surface area (Å²) in [5, 5.41) is 0.654. The van der Waals surface area contributed by atoms with Crippen LogP contribution in [0.1, 0.15) is 24.4 Å². The van der Waals surface area contributed by atoms with Crippen molar-refractivity contribution in [2.45, 2.75) is 18.9 Å². The zero-order valence-corrected chi connectivity index (χ0v) is 8.46. The predicted molar refractivity (Wildman–Crippen MR) is 53.9 cm³/mol. The second-order valence-electron chi connectivity index (χ2n) is 3.52. The minimum atomic E-state index is 0.473. The summed E-state index contributed by atoms with van der Waals surface area (Å²) in [4.78, 5) is 6.43. The van der Waals surface area contributed by atoms with Crippen LogP contribution in [-0.2, 0) is 0 Å². The first-order chi connectivity index (χ1) is 6.29. The van der Waals surface area contributed by atoms with Crippen LogP contribution in [0.5, 0.6) is 0 Å². The van der Waals surface area contributed by atoms with Gasteiger partial charge in [0, 0.05) is 17.8 Å². The van der Waals surface area contributed by atoms with E-state index >= 15 is 0 Å². The van der Waals surface area contributed by atoms with Gasteiger partial charge in [0.15, 0.2) is 0 Å². The van der Waals surface area contributed by atoms with Gasteiger partial charge < -0.3 is 0 Å². The van der Waals surface area contributed by atoms with Gasteiger partial charge in [-0.2, -0.15) is 0 Å². The van der Waals surface area contributed by atoms with Crippen molar-refractivity contribution in [3.8, 4) is 0 Å². The summed E-state index contributed by atoms with van der Waals surface area (Å²) >= 11 is 6.03. The Morgan fingerprint density at radius 2 is 2.46 bits per heavy atom. The van der Waals surface area contributed by atoms with Crippen LogP contribution in [-0.4, -0.2) is 23.5 Å². The Hall–Kier alpha value is -0.600.